The molecule has 1 rings (SSSR count). The number of carboxylic acid groups (broad SMARTS) is 1. The highest BCUT2D eigenvalue weighted by molar-refractivity contribution is 7.80. The highest BCUT2D eigenvalue weighted by atomic mass is 35.5. The molecule has 0 saturated carbocycles. The van der Waals surface area contributed by atoms with Crippen LogP contribution in [0.4, 0.5) is 0 Å². The first-order valence-electron chi connectivity index (χ1n) is 3.66. The Morgan fingerprint density at radius 1 is 1.64 bits per heavy atom. The molecule has 0 aliphatic rings. The Balaban J connectivity index is 3.53. The van der Waals surface area contributed by atoms with E-state index in [0.717, 1.165) is 0 Å². The summed E-state index contributed by atoms with van der Waals surface area (Å²) in [5.74, 6) is -1.14. The number of carboxylic acids is 1. The van der Waals surface area contributed by atoms with Crippen LogP contribution in [0.25, 0.3) is 0 Å². The monoisotopic (exact) mass is 227 g/mol. The fourth-order valence-electron chi connectivity index (χ4n) is 1.12. The van der Waals surface area contributed by atoms with Gasteiger partial charge in [0.15, 0.2) is 0 Å². The molecule has 0 spiro atoms. The molecule has 0 amide bonds. The number of aromatic carboxylic acids is 1. The molecule has 5 heteroatoms. The predicted molar refractivity (Wildman–Crippen MR) is 54.9 cm³/mol. The number of alkyl halides is 1. The van der Waals surface area contributed by atoms with Crippen molar-refractivity contribution in [2.75, 3.05) is 0 Å². The quantitative estimate of drug-likeness (QED) is 0.602. The van der Waals surface area contributed by atoms with Crippen molar-refractivity contribution in [3.63, 3.8) is 0 Å². The summed E-state index contributed by atoms with van der Waals surface area (Å²) >= 11 is 9.58. The number of carbonyl (C=O) groups is 1. The number of rotatable bonds is 2. The van der Waals surface area contributed by atoms with Gasteiger partial charge in [-0.2, -0.15) is 5.26 Å². The van der Waals surface area contributed by atoms with Crippen LogP contribution >= 0.6 is 24.2 Å². The number of benzene rings is 1. The molecule has 0 aliphatic carbocycles. The second kappa shape index (κ2) is 4.36. The van der Waals surface area contributed by atoms with Gasteiger partial charge in [0, 0.05) is 16.3 Å². The Bertz CT molecular complexity index is 426. The fraction of sp³-hybridized carbons (Fsp3) is 0.111. The van der Waals surface area contributed by atoms with E-state index < -0.39 is 5.97 Å². The molecule has 0 bridgehead atoms. The third kappa shape index (κ3) is 1.84. The van der Waals surface area contributed by atoms with Crippen LogP contribution in [0.5, 0.6) is 0 Å². The predicted octanol–water partition coefficient (Wildman–Crippen LogP) is 2.28. The van der Waals surface area contributed by atoms with Gasteiger partial charge in [0.05, 0.1) is 17.2 Å². The first-order chi connectivity index (χ1) is 6.61. The van der Waals surface area contributed by atoms with Gasteiger partial charge in [0.25, 0.3) is 0 Å². The molecule has 0 atom stereocenters. The molecule has 3 nitrogen and oxygen atoms in total. The van der Waals surface area contributed by atoms with Gasteiger partial charge < -0.3 is 5.11 Å². The largest absolute Gasteiger partial charge is 0.478 e. The van der Waals surface area contributed by atoms with E-state index in [2.05, 4.69) is 12.6 Å². The van der Waals surface area contributed by atoms with E-state index >= 15 is 0 Å². The Hall–Kier alpha value is -1.18. The van der Waals surface area contributed by atoms with Gasteiger partial charge in [0.2, 0.25) is 0 Å². The van der Waals surface area contributed by atoms with Crippen LogP contribution in [0.2, 0.25) is 0 Å². The van der Waals surface area contributed by atoms with Crippen molar-refractivity contribution >= 4 is 30.2 Å². The van der Waals surface area contributed by atoms with Gasteiger partial charge in [-0.05, 0) is 12.1 Å². The molecule has 0 aromatic heterocycles. The third-order valence-corrected chi connectivity index (χ3v) is 2.40. The maximum atomic E-state index is 10.9. The number of thiol groups is 1. The standard InChI is InChI=1S/C9H6ClNO2S/c10-3-6-5(4-11)1-2-7(14)8(6)9(12)13/h1-2,14H,3H2,(H,12,13). The molecule has 72 valence electrons. The number of halogens is 1. The highest BCUT2D eigenvalue weighted by Gasteiger charge is 2.16. The van der Waals surface area contributed by atoms with Gasteiger partial charge in [0.1, 0.15) is 0 Å². The lowest BCUT2D eigenvalue weighted by molar-refractivity contribution is 0.0692. The average Bonchev–Trinajstić information content (AvgIpc) is 2.16. The molecular weight excluding hydrogens is 222 g/mol. The topological polar surface area (TPSA) is 61.1 Å². The van der Waals surface area contributed by atoms with Crippen molar-refractivity contribution in [2.24, 2.45) is 0 Å². The maximum Gasteiger partial charge on any atom is 0.337 e. The summed E-state index contributed by atoms with van der Waals surface area (Å²) < 4.78 is 0. The lowest BCUT2D eigenvalue weighted by Gasteiger charge is -2.06. The van der Waals surface area contributed by atoms with Crippen LogP contribution in [0.1, 0.15) is 21.5 Å². The minimum Gasteiger partial charge on any atom is -0.478 e. The van der Waals surface area contributed by atoms with Crippen LogP contribution in [0.3, 0.4) is 0 Å². The van der Waals surface area contributed by atoms with Gasteiger partial charge in [-0.3, -0.25) is 0 Å². The lowest BCUT2D eigenvalue weighted by Crippen LogP contribution is -2.04. The Morgan fingerprint density at radius 3 is 2.71 bits per heavy atom. The first-order valence-corrected chi connectivity index (χ1v) is 4.64. The van der Waals surface area contributed by atoms with Crippen LogP contribution in [-0.4, -0.2) is 11.1 Å². The molecular formula is C9H6ClNO2S. The van der Waals surface area contributed by atoms with Crippen molar-refractivity contribution in [1.82, 2.24) is 0 Å². The van der Waals surface area contributed by atoms with Gasteiger partial charge in [-0.25, -0.2) is 4.79 Å². The van der Waals surface area contributed by atoms with E-state index in [-0.39, 0.29) is 17.0 Å². The SMILES string of the molecule is N#Cc1ccc(S)c(C(=O)O)c1CCl. The van der Waals surface area contributed by atoms with E-state index in [4.69, 9.17) is 22.0 Å². The van der Waals surface area contributed by atoms with Crippen molar-refractivity contribution in [3.8, 4) is 6.07 Å². The van der Waals surface area contributed by atoms with Crippen molar-refractivity contribution in [2.45, 2.75) is 10.8 Å². The van der Waals surface area contributed by atoms with Crippen LogP contribution in [-0.2, 0) is 5.88 Å². The molecule has 0 radical (unpaired) electrons. The molecule has 1 N–H and O–H groups in total. The van der Waals surface area contributed by atoms with Gasteiger partial charge in [-0.1, -0.05) is 0 Å². The summed E-state index contributed by atoms with van der Waals surface area (Å²) in [5.41, 5.74) is 0.590. The lowest BCUT2D eigenvalue weighted by atomic mass is 10.0. The van der Waals surface area contributed by atoms with Crippen molar-refractivity contribution < 1.29 is 9.90 Å². The molecule has 0 unspecified atom stereocenters. The van der Waals surface area contributed by atoms with Crippen LogP contribution < -0.4 is 0 Å². The number of nitriles is 1. The summed E-state index contributed by atoms with van der Waals surface area (Å²) in [6.07, 6.45) is 0. The summed E-state index contributed by atoms with van der Waals surface area (Å²) in [6.45, 7) is 0. The molecule has 14 heavy (non-hydrogen) atoms. The van der Waals surface area contributed by atoms with Crippen molar-refractivity contribution in [1.29, 1.82) is 5.26 Å². The molecule has 0 fully saturated rings. The Morgan fingerprint density at radius 2 is 2.29 bits per heavy atom. The zero-order valence-electron chi connectivity index (χ0n) is 6.99. The summed E-state index contributed by atoms with van der Waals surface area (Å²) in [6, 6.07) is 4.87. The molecule has 1 aromatic carbocycles. The summed E-state index contributed by atoms with van der Waals surface area (Å²) in [4.78, 5) is 11.2. The summed E-state index contributed by atoms with van der Waals surface area (Å²) in [5, 5.41) is 17.6. The number of hydrogen-bond donors (Lipinski definition) is 2. The zero-order chi connectivity index (χ0) is 10.7. The average molecular weight is 228 g/mol. The van der Waals surface area contributed by atoms with Crippen molar-refractivity contribution in [3.05, 3.63) is 28.8 Å². The first kappa shape index (κ1) is 10.9. The second-order valence-corrected chi connectivity index (χ2v) is 3.29. The maximum absolute atomic E-state index is 10.9. The van der Waals surface area contributed by atoms with E-state index in [0.29, 0.717) is 10.5 Å². The molecule has 0 saturated heterocycles. The molecule has 0 heterocycles. The Labute approximate surface area is 91.3 Å². The van der Waals surface area contributed by atoms with Crippen LogP contribution in [0.15, 0.2) is 17.0 Å². The van der Waals surface area contributed by atoms with E-state index in [9.17, 15) is 4.79 Å². The van der Waals surface area contributed by atoms with Gasteiger partial charge in [-0.15, -0.1) is 24.2 Å². The fourth-order valence-corrected chi connectivity index (χ4v) is 1.70. The normalized spacial score (nSPS) is 9.50. The number of hydrogen-bond acceptors (Lipinski definition) is 3. The van der Waals surface area contributed by atoms with Gasteiger partial charge >= 0.3 is 5.97 Å². The third-order valence-electron chi connectivity index (χ3n) is 1.76. The smallest absolute Gasteiger partial charge is 0.337 e. The molecule has 0 aliphatic heterocycles. The number of nitrogens with zero attached hydrogens (tertiary/aromatic N) is 1. The second-order valence-electron chi connectivity index (χ2n) is 2.54. The van der Waals surface area contributed by atoms with Crippen LogP contribution in [0, 0.1) is 11.3 Å². The minimum atomic E-state index is -1.12. The zero-order valence-corrected chi connectivity index (χ0v) is 8.64. The van der Waals surface area contributed by atoms with E-state index in [1.54, 1.807) is 0 Å². The van der Waals surface area contributed by atoms with E-state index in [1.165, 1.54) is 12.1 Å². The highest BCUT2D eigenvalue weighted by Crippen LogP contribution is 2.23. The molecule has 1 aromatic rings. The Kier molecular flexibility index (Phi) is 3.39. The van der Waals surface area contributed by atoms with E-state index in [1.807, 2.05) is 6.07 Å². The summed E-state index contributed by atoms with van der Waals surface area (Å²) in [7, 11) is 0. The minimum absolute atomic E-state index is 0.00221.